The normalized spacial score (nSPS) is 15.1. The number of aromatic nitrogens is 2. The van der Waals surface area contributed by atoms with Crippen molar-refractivity contribution in [3.63, 3.8) is 0 Å². The fourth-order valence-electron chi connectivity index (χ4n) is 4.62. The third kappa shape index (κ3) is 5.09. The first kappa shape index (κ1) is 23.8. The van der Waals surface area contributed by atoms with Gasteiger partial charge in [0, 0.05) is 30.3 Å². The molecule has 4 rings (SSSR count). The van der Waals surface area contributed by atoms with Crippen LogP contribution in [0.2, 0.25) is 0 Å². The molecule has 0 unspecified atom stereocenters. The Bertz CT molecular complexity index is 1260. The minimum Gasteiger partial charge on any atom is -0.310 e. The fourth-order valence-corrected chi connectivity index (χ4v) is 4.62. The molecule has 2 heterocycles. The van der Waals surface area contributed by atoms with E-state index in [1.807, 2.05) is 44.2 Å². The van der Waals surface area contributed by atoms with Crippen LogP contribution >= 0.6 is 0 Å². The Balaban J connectivity index is 1.45. The maximum absolute atomic E-state index is 13.4. The molecule has 1 N–H and O–H groups in total. The van der Waals surface area contributed by atoms with Crippen LogP contribution in [-0.4, -0.2) is 39.9 Å². The largest absolute Gasteiger partial charge is 0.328 e. The highest BCUT2D eigenvalue weighted by Crippen LogP contribution is 2.24. The first-order chi connectivity index (χ1) is 16.3. The molecular formula is C27H30FN3O3. The van der Waals surface area contributed by atoms with E-state index >= 15 is 0 Å². The van der Waals surface area contributed by atoms with Gasteiger partial charge in [0.1, 0.15) is 5.82 Å². The number of nitrogens with one attached hydrogen (secondary N) is 1. The van der Waals surface area contributed by atoms with Gasteiger partial charge in [0.15, 0.2) is 5.78 Å². The molecule has 1 aliphatic rings. The molecule has 1 fully saturated rings. The van der Waals surface area contributed by atoms with Crippen molar-refractivity contribution in [1.82, 2.24) is 14.5 Å². The standard InChI is InChI=1S/C27H30FN3O3/c1-18(2)24-23(19-6-4-3-5-7-19)26(33)31(27(34)29-24)17-16-30-14-12-21(13-15-30)25(32)20-8-10-22(28)11-9-20/h3-11,18,21H,12-17H2,1-2H3,(H,29,34). The molecule has 6 nitrogen and oxygen atoms in total. The molecule has 0 atom stereocenters. The average molecular weight is 464 g/mol. The van der Waals surface area contributed by atoms with Gasteiger partial charge in [-0.1, -0.05) is 44.2 Å². The van der Waals surface area contributed by atoms with Gasteiger partial charge in [-0.3, -0.25) is 14.2 Å². The number of halogens is 1. The fraction of sp³-hybridized carbons (Fsp3) is 0.370. The van der Waals surface area contributed by atoms with Crippen molar-refractivity contribution in [3.05, 3.63) is 92.5 Å². The molecule has 0 aliphatic carbocycles. The molecule has 2 aromatic carbocycles. The van der Waals surface area contributed by atoms with Crippen molar-refractivity contribution in [1.29, 1.82) is 0 Å². The topological polar surface area (TPSA) is 75.2 Å². The minimum atomic E-state index is -0.394. The number of nitrogens with zero attached hydrogens (tertiary/aromatic N) is 2. The van der Waals surface area contributed by atoms with Crippen LogP contribution in [0.4, 0.5) is 4.39 Å². The summed E-state index contributed by atoms with van der Waals surface area (Å²) >= 11 is 0. The van der Waals surface area contributed by atoms with Gasteiger partial charge in [-0.05, 0) is 61.7 Å². The number of Topliss-reactive ketones (excluding diaryl/α,β-unsaturated/α-hetero) is 1. The van der Waals surface area contributed by atoms with Gasteiger partial charge in [0.2, 0.25) is 0 Å². The summed E-state index contributed by atoms with van der Waals surface area (Å²) in [6, 6.07) is 15.1. The van der Waals surface area contributed by atoms with Gasteiger partial charge in [-0.15, -0.1) is 0 Å². The second-order valence-corrected chi connectivity index (χ2v) is 9.18. The number of carbonyl (C=O) groups excluding carboxylic acids is 1. The van der Waals surface area contributed by atoms with E-state index in [4.69, 9.17) is 0 Å². The van der Waals surface area contributed by atoms with Gasteiger partial charge in [-0.2, -0.15) is 0 Å². The quantitative estimate of drug-likeness (QED) is 0.536. The van der Waals surface area contributed by atoms with Crippen LogP contribution in [0.25, 0.3) is 11.1 Å². The number of carbonyl (C=O) groups is 1. The molecular weight excluding hydrogens is 433 g/mol. The predicted molar refractivity (Wildman–Crippen MR) is 131 cm³/mol. The third-order valence-electron chi connectivity index (χ3n) is 6.58. The Morgan fingerprint density at radius 3 is 2.26 bits per heavy atom. The van der Waals surface area contributed by atoms with Gasteiger partial charge in [-0.25, -0.2) is 9.18 Å². The summed E-state index contributed by atoms with van der Waals surface area (Å²) < 4.78 is 14.4. The van der Waals surface area contributed by atoms with Crippen LogP contribution < -0.4 is 11.2 Å². The Morgan fingerprint density at radius 2 is 1.65 bits per heavy atom. The van der Waals surface area contributed by atoms with Gasteiger partial charge in [0.25, 0.3) is 5.56 Å². The highest BCUT2D eigenvalue weighted by atomic mass is 19.1. The van der Waals surface area contributed by atoms with Gasteiger partial charge < -0.3 is 9.88 Å². The number of ketones is 1. The van der Waals surface area contributed by atoms with Crippen molar-refractivity contribution in [2.75, 3.05) is 19.6 Å². The molecule has 3 aromatic rings. The SMILES string of the molecule is CC(C)c1[nH]c(=O)n(CCN2CCC(C(=O)c3ccc(F)cc3)CC2)c(=O)c1-c1ccccc1. The van der Waals surface area contributed by atoms with E-state index in [0.29, 0.717) is 49.3 Å². The summed E-state index contributed by atoms with van der Waals surface area (Å²) in [5.74, 6) is -0.400. The molecule has 0 bridgehead atoms. The average Bonchev–Trinajstić information content (AvgIpc) is 2.84. The number of hydrogen-bond acceptors (Lipinski definition) is 4. The van der Waals surface area contributed by atoms with Crippen molar-refractivity contribution >= 4 is 5.78 Å². The number of rotatable bonds is 7. The highest BCUT2D eigenvalue weighted by molar-refractivity contribution is 5.97. The third-order valence-corrected chi connectivity index (χ3v) is 6.58. The second-order valence-electron chi connectivity index (χ2n) is 9.18. The van der Waals surface area contributed by atoms with E-state index in [1.54, 1.807) is 0 Å². The molecule has 1 aromatic heterocycles. The summed E-state index contributed by atoms with van der Waals surface area (Å²) in [5.41, 5.74) is 1.85. The second kappa shape index (κ2) is 10.3. The number of hydrogen-bond donors (Lipinski definition) is 1. The van der Waals surface area contributed by atoms with Gasteiger partial charge >= 0.3 is 5.69 Å². The Kier molecular flexibility index (Phi) is 7.22. The monoisotopic (exact) mass is 463 g/mol. The summed E-state index contributed by atoms with van der Waals surface area (Å²) in [6.45, 7) is 6.16. The number of H-pyrrole nitrogens is 1. The number of piperidine rings is 1. The maximum atomic E-state index is 13.4. The zero-order valence-electron chi connectivity index (χ0n) is 19.6. The lowest BCUT2D eigenvalue weighted by molar-refractivity contribution is 0.0837. The van der Waals surface area contributed by atoms with Crippen molar-refractivity contribution in [2.24, 2.45) is 5.92 Å². The Morgan fingerprint density at radius 1 is 1.00 bits per heavy atom. The van der Waals surface area contributed by atoms with Gasteiger partial charge in [0.05, 0.1) is 5.56 Å². The Hall–Kier alpha value is -3.32. The van der Waals surface area contributed by atoms with E-state index < -0.39 is 5.69 Å². The van der Waals surface area contributed by atoms with E-state index in [-0.39, 0.29) is 35.5 Å². The number of aromatic amines is 1. The molecule has 0 saturated carbocycles. The molecule has 34 heavy (non-hydrogen) atoms. The van der Waals surface area contributed by atoms with Crippen molar-refractivity contribution < 1.29 is 9.18 Å². The summed E-state index contributed by atoms with van der Waals surface area (Å²) in [4.78, 5) is 44.0. The first-order valence-corrected chi connectivity index (χ1v) is 11.8. The molecule has 1 aliphatic heterocycles. The molecule has 0 radical (unpaired) electrons. The summed E-state index contributed by atoms with van der Waals surface area (Å²) in [5, 5.41) is 0. The first-order valence-electron chi connectivity index (χ1n) is 11.8. The predicted octanol–water partition coefficient (Wildman–Crippen LogP) is 4.06. The molecule has 0 amide bonds. The zero-order valence-corrected chi connectivity index (χ0v) is 19.6. The minimum absolute atomic E-state index is 0.00271. The smallest absolute Gasteiger partial charge is 0.310 e. The lowest BCUT2D eigenvalue weighted by Gasteiger charge is -2.31. The van der Waals surface area contributed by atoms with Crippen molar-refractivity contribution in [2.45, 2.75) is 39.2 Å². The van der Waals surface area contributed by atoms with Crippen LogP contribution in [0.15, 0.2) is 64.2 Å². The number of likely N-dealkylation sites (tertiary alicyclic amines) is 1. The van der Waals surface area contributed by atoms with Crippen LogP contribution in [-0.2, 0) is 6.54 Å². The molecule has 7 heteroatoms. The Labute approximate surface area is 198 Å². The van der Waals surface area contributed by atoms with E-state index in [0.717, 1.165) is 5.56 Å². The number of benzene rings is 2. The molecule has 1 saturated heterocycles. The highest BCUT2D eigenvalue weighted by Gasteiger charge is 2.26. The van der Waals surface area contributed by atoms with Crippen molar-refractivity contribution in [3.8, 4) is 11.1 Å². The van der Waals surface area contributed by atoms with E-state index in [2.05, 4.69) is 9.88 Å². The molecule has 0 spiro atoms. The van der Waals surface area contributed by atoms with Crippen LogP contribution in [0, 0.1) is 11.7 Å². The lowest BCUT2D eigenvalue weighted by Crippen LogP contribution is -2.43. The zero-order chi connectivity index (χ0) is 24.2. The van der Waals surface area contributed by atoms with Crippen LogP contribution in [0.3, 0.4) is 0 Å². The molecule has 178 valence electrons. The maximum Gasteiger partial charge on any atom is 0.328 e. The van der Waals surface area contributed by atoms with Crippen LogP contribution in [0.1, 0.15) is 48.7 Å². The summed E-state index contributed by atoms with van der Waals surface area (Å²) in [6.07, 6.45) is 1.39. The summed E-state index contributed by atoms with van der Waals surface area (Å²) in [7, 11) is 0. The van der Waals surface area contributed by atoms with E-state index in [1.165, 1.54) is 28.8 Å². The van der Waals surface area contributed by atoms with Crippen LogP contribution in [0.5, 0.6) is 0 Å². The lowest BCUT2D eigenvalue weighted by atomic mass is 9.89. The van der Waals surface area contributed by atoms with E-state index in [9.17, 15) is 18.8 Å².